The number of hydrogen-bond acceptors (Lipinski definition) is 5. The zero-order valence-corrected chi connectivity index (χ0v) is 11.2. The normalized spacial score (nSPS) is 10.3. The Morgan fingerprint density at radius 1 is 1.44 bits per heavy atom. The molecule has 0 aliphatic carbocycles. The van der Waals surface area contributed by atoms with Gasteiger partial charge in [-0.25, -0.2) is 9.78 Å². The number of pyridine rings is 1. The lowest BCUT2D eigenvalue weighted by atomic mass is 10.1. The molecule has 2 aromatic rings. The van der Waals surface area contributed by atoms with E-state index in [1.165, 1.54) is 11.3 Å². The van der Waals surface area contributed by atoms with Crippen molar-refractivity contribution in [3.8, 4) is 10.6 Å². The minimum atomic E-state index is -0.368. The minimum absolute atomic E-state index is 0.362. The van der Waals surface area contributed by atoms with E-state index in [0.29, 0.717) is 12.3 Å². The molecule has 0 aliphatic rings. The van der Waals surface area contributed by atoms with Crippen molar-refractivity contribution < 1.29 is 9.53 Å². The number of nitrogens with zero attached hydrogens (tertiary/aromatic N) is 2. The van der Waals surface area contributed by atoms with E-state index in [4.69, 9.17) is 4.74 Å². The van der Waals surface area contributed by atoms with Crippen LogP contribution in [-0.4, -0.2) is 22.5 Å². The number of hydrogen-bond donors (Lipinski definition) is 0. The van der Waals surface area contributed by atoms with Crippen molar-refractivity contribution in [3.05, 3.63) is 35.1 Å². The zero-order chi connectivity index (χ0) is 13.0. The van der Waals surface area contributed by atoms with Gasteiger partial charge in [-0.2, -0.15) is 0 Å². The first kappa shape index (κ1) is 12.7. The van der Waals surface area contributed by atoms with Crippen molar-refractivity contribution >= 4 is 17.3 Å². The van der Waals surface area contributed by atoms with Gasteiger partial charge in [-0.15, -0.1) is 11.3 Å². The summed E-state index contributed by atoms with van der Waals surface area (Å²) in [4.78, 5) is 20.0. The van der Waals surface area contributed by atoms with E-state index in [1.807, 2.05) is 12.3 Å². The SMILES string of the molecule is CCOC(=O)c1csc(-c2ccncc2CC)n1. The van der Waals surface area contributed by atoms with Gasteiger partial charge in [0.15, 0.2) is 5.69 Å². The van der Waals surface area contributed by atoms with Gasteiger partial charge in [0.25, 0.3) is 0 Å². The molecular formula is C13H14N2O2S. The lowest BCUT2D eigenvalue weighted by Crippen LogP contribution is -2.04. The molecular weight excluding hydrogens is 248 g/mol. The van der Waals surface area contributed by atoms with Gasteiger partial charge >= 0.3 is 5.97 Å². The molecule has 0 atom stereocenters. The summed E-state index contributed by atoms with van der Waals surface area (Å²) in [5, 5.41) is 2.56. The standard InChI is InChI=1S/C13H14N2O2S/c1-3-9-7-14-6-5-10(9)12-15-11(8-18-12)13(16)17-4-2/h5-8H,3-4H2,1-2H3. The zero-order valence-electron chi connectivity index (χ0n) is 10.3. The molecule has 0 fully saturated rings. The summed E-state index contributed by atoms with van der Waals surface area (Å²) < 4.78 is 4.93. The Balaban J connectivity index is 2.32. The topological polar surface area (TPSA) is 52.1 Å². The molecule has 0 bridgehead atoms. The van der Waals surface area contributed by atoms with E-state index in [1.54, 1.807) is 18.5 Å². The highest BCUT2D eigenvalue weighted by atomic mass is 32.1. The summed E-state index contributed by atoms with van der Waals surface area (Å²) in [5.74, 6) is -0.368. The average Bonchev–Trinajstić information content (AvgIpc) is 2.88. The maximum absolute atomic E-state index is 11.6. The number of esters is 1. The second-order valence-electron chi connectivity index (χ2n) is 3.64. The average molecular weight is 262 g/mol. The molecule has 4 nitrogen and oxygen atoms in total. The van der Waals surface area contributed by atoms with Gasteiger partial charge in [0.2, 0.25) is 0 Å². The van der Waals surface area contributed by atoms with Crippen molar-refractivity contribution in [2.45, 2.75) is 20.3 Å². The number of ether oxygens (including phenoxy) is 1. The molecule has 94 valence electrons. The monoisotopic (exact) mass is 262 g/mol. The Hall–Kier alpha value is -1.75. The van der Waals surface area contributed by atoms with Crippen LogP contribution in [0.25, 0.3) is 10.6 Å². The number of aromatic nitrogens is 2. The molecule has 0 unspecified atom stereocenters. The number of thiazole rings is 1. The molecule has 0 saturated carbocycles. The Bertz CT molecular complexity index is 551. The lowest BCUT2D eigenvalue weighted by molar-refractivity contribution is 0.0520. The predicted molar refractivity (Wildman–Crippen MR) is 70.7 cm³/mol. The van der Waals surface area contributed by atoms with Crippen molar-refractivity contribution in [2.24, 2.45) is 0 Å². The number of aryl methyl sites for hydroxylation is 1. The summed E-state index contributed by atoms with van der Waals surface area (Å²) in [6, 6.07) is 1.92. The molecule has 18 heavy (non-hydrogen) atoms. The van der Waals surface area contributed by atoms with Crippen LogP contribution in [0.15, 0.2) is 23.8 Å². The highest BCUT2D eigenvalue weighted by Crippen LogP contribution is 2.27. The van der Waals surface area contributed by atoms with Crippen LogP contribution < -0.4 is 0 Å². The van der Waals surface area contributed by atoms with Gasteiger partial charge in [-0.05, 0) is 25.0 Å². The van der Waals surface area contributed by atoms with Gasteiger partial charge in [0, 0.05) is 23.3 Å². The third-order valence-electron chi connectivity index (χ3n) is 2.50. The number of carbonyl (C=O) groups is 1. The van der Waals surface area contributed by atoms with Crippen molar-refractivity contribution in [2.75, 3.05) is 6.61 Å². The molecule has 2 aromatic heterocycles. The molecule has 5 heteroatoms. The molecule has 0 aromatic carbocycles. The van der Waals surface area contributed by atoms with Crippen molar-refractivity contribution in [3.63, 3.8) is 0 Å². The minimum Gasteiger partial charge on any atom is -0.461 e. The second-order valence-corrected chi connectivity index (χ2v) is 4.50. The summed E-state index contributed by atoms with van der Waals surface area (Å²) in [5.41, 5.74) is 2.53. The fourth-order valence-electron chi connectivity index (χ4n) is 1.61. The van der Waals surface area contributed by atoms with Gasteiger partial charge < -0.3 is 4.74 Å². The number of rotatable bonds is 4. The van der Waals surface area contributed by atoms with Crippen LogP contribution in [0.1, 0.15) is 29.9 Å². The first-order valence-corrected chi connectivity index (χ1v) is 6.70. The largest absolute Gasteiger partial charge is 0.461 e. The Morgan fingerprint density at radius 2 is 2.28 bits per heavy atom. The van der Waals surface area contributed by atoms with Crippen molar-refractivity contribution in [1.82, 2.24) is 9.97 Å². The maximum atomic E-state index is 11.6. The molecule has 2 heterocycles. The van der Waals surface area contributed by atoms with Crippen LogP contribution in [-0.2, 0) is 11.2 Å². The summed E-state index contributed by atoms with van der Waals surface area (Å²) >= 11 is 1.45. The van der Waals surface area contributed by atoms with Crippen LogP contribution in [0.3, 0.4) is 0 Å². The van der Waals surface area contributed by atoms with E-state index in [0.717, 1.165) is 22.6 Å². The van der Waals surface area contributed by atoms with Crippen LogP contribution in [0.4, 0.5) is 0 Å². The van der Waals surface area contributed by atoms with Gasteiger partial charge in [-0.3, -0.25) is 4.98 Å². The van der Waals surface area contributed by atoms with Crippen molar-refractivity contribution in [1.29, 1.82) is 0 Å². The molecule has 2 rings (SSSR count). The van der Waals surface area contributed by atoms with E-state index in [-0.39, 0.29) is 5.97 Å². The predicted octanol–water partition coefficient (Wildman–Crippen LogP) is 2.94. The molecule has 0 aliphatic heterocycles. The van der Waals surface area contributed by atoms with Crippen LogP contribution in [0.2, 0.25) is 0 Å². The Morgan fingerprint density at radius 3 is 3.00 bits per heavy atom. The van der Waals surface area contributed by atoms with Crippen LogP contribution in [0.5, 0.6) is 0 Å². The second kappa shape index (κ2) is 5.73. The van der Waals surface area contributed by atoms with E-state index >= 15 is 0 Å². The highest BCUT2D eigenvalue weighted by Gasteiger charge is 2.14. The van der Waals surface area contributed by atoms with E-state index in [9.17, 15) is 4.79 Å². The van der Waals surface area contributed by atoms with E-state index < -0.39 is 0 Å². The fraction of sp³-hybridized carbons (Fsp3) is 0.308. The Labute approximate surface area is 110 Å². The molecule has 0 N–H and O–H groups in total. The smallest absolute Gasteiger partial charge is 0.357 e. The quantitative estimate of drug-likeness (QED) is 0.795. The fourth-order valence-corrected chi connectivity index (χ4v) is 2.46. The lowest BCUT2D eigenvalue weighted by Gasteiger charge is -2.02. The number of carbonyl (C=O) groups excluding carboxylic acids is 1. The van der Waals surface area contributed by atoms with Crippen LogP contribution in [0, 0.1) is 0 Å². The molecule has 0 spiro atoms. The van der Waals surface area contributed by atoms with Gasteiger partial charge in [0.05, 0.1) is 6.61 Å². The Kier molecular flexibility index (Phi) is 4.04. The van der Waals surface area contributed by atoms with E-state index in [2.05, 4.69) is 16.9 Å². The molecule has 0 saturated heterocycles. The molecule has 0 amide bonds. The van der Waals surface area contributed by atoms with Crippen LogP contribution >= 0.6 is 11.3 Å². The van der Waals surface area contributed by atoms with Gasteiger partial charge in [0.1, 0.15) is 5.01 Å². The van der Waals surface area contributed by atoms with Gasteiger partial charge in [-0.1, -0.05) is 6.92 Å². The summed E-state index contributed by atoms with van der Waals surface area (Å²) in [6.07, 6.45) is 4.46. The molecule has 0 radical (unpaired) electrons. The summed E-state index contributed by atoms with van der Waals surface area (Å²) in [7, 11) is 0. The summed E-state index contributed by atoms with van der Waals surface area (Å²) in [6.45, 7) is 4.21. The highest BCUT2D eigenvalue weighted by molar-refractivity contribution is 7.13. The third-order valence-corrected chi connectivity index (χ3v) is 3.38. The first-order chi connectivity index (χ1) is 8.76. The maximum Gasteiger partial charge on any atom is 0.357 e. The first-order valence-electron chi connectivity index (χ1n) is 5.82. The third kappa shape index (κ3) is 2.56.